The number of hydrogen-bond acceptors (Lipinski definition) is 4. The highest BCUT2D eigenvalue weighted by atomic mass is 16.3. The van der Waals surface area contributed by atoms with Crippen LogP contribution >= 0.6 is 0 Å². The lowest BCUT2D eigenvalue weighted by Gasteiger charge is -2.20. The van der Waals surface area contributed by atoms with Gasteiger partial charge in [0.1, 0.15) is 0 Å². The van der Waals surface area contributed by atoms with Crippen LogP contribution in [0.4, 0.5) is 11.4 Å². The number of rotatable bonds is 4. The highest BCUT2D eigenvalue weighted by molar-refractivity contribution is 6.09. The zero-order valence-corrected chi connectivity index (χ0v) is 13.0. The summed E-state index contributed by atoms with van der Waals surface area (Å²) in [6.07, 6.45) is -0.352. The maximum atomic E-state index is 12.5. The summed E-state index contributed by atoms with van der Waals surface area (Å²) in [5, 5.41) is 15.9. The minimum Gasteiger partial charge on any atom is -0.375 e. The molecule has 1 atom stereocenters. The van der Waals surface area contributed by atoms with Crippen LogP contribution in [0.15, 0.2) is 48.5 Å². The van der Waals surface area contributed by atoms with Gasteiger partial charge in [-0.2, -0.15) is 0 Å². The van der Waals surface area contributed by atoms with E-state index in [0.717, 1.165) is 0 Å². The molecule has 2 aromatic carbocycles. The van der Waals surface area contributed by atoms with E-state index in [2.05, 4.69) is 10.6 Å². The lowest BCUT2D eigenvalue weighted by atomic mass is 9.88. The van der Waals surface area contributed by atoms with Gasteiger partial charge in [-0.05, 0) is 30.3 Å². The number of hydrogen-bond donors (Lipinski definition) is 3. The van der Waals surface area contributed by atoms with E-state index < -0.39 is 11.5 Å². The second-order valence-corrected chi connectivity index (χ2v) is 5.72. The van der Waals surface area contributed by atoms with Gasteiger partial charge in [-0.15, -0.1) is 0 Å². The lowest BCUT2D eigenvalue weighted by Crippen LogP contribution is -2.36. The van der Waals surface area contributed by atoms with Crippen LogP contribution in [0.2, 0.25) is 0 Å². The van der Waals surface area contributed by atoms with E-state index in [0.29, 0.717) is 22.5 Å². The van der Waals surface area contributed by atoms with E-state index in [1.807, 2.05) is 0 Å². The van der Waals surface area contributed by atoms with E-state index in [-0.39, 0.29) is 18.1 Å². The molecule has 3 N–H and O–H groups in total. The number of carbonyl (C=O) groups is 3. The summed E-state index contributed by atoms with van der Waals surface area (Å²) in [5.74, 6) is -1.17. The number of aliphatic hydroxyl groups is 1. The molecule has 0 radical (unpaired) electrons. The Labute approximate surface area is 138 Å². The molecule has 24 heavy (non-hydrogen) atoms. The second-order valence-electron chi connectivity index (χ2n) is 5.72. The summed E-state index contributed by atoms with van der Waals surface area (Å²) in [6, 6.07) is 13.1. The van der Waals surface area contributed by atoms with Gasteiger partial charge in [0, 0.05) is 29.4 Å². The third kappa shape index (κ3) is 2.79. The Kier molecular flexibility index (Phi) is 3.91. The van der Waals surface area contributed by atoms with Crippen LogP contribution in [0, 0.1) is 0 Å². The summed E-state index contributed by atoms with van der Waals surface area (Å²) < 4.78 is 0. The lowest BCUT2D eigenvalue weighted by molar-refractivity contribution is -0.133. The molecular formula is C18H16N2O4. The van der Waals surface area contributed by atoms with Crippen molar-refractivity contribution >= 4 is 29.0 Å². The van der Waals surface area contributed by atoms with Gasteiger partial charge in [0.05, 0.1) is 6.42 Å². The van der Waals surface area contributed by atoms with Crippen LogP contribution in [-0.2, 0) is 15.2 Å². The summed E-state index contributed by atoms with van der Waals surface area (Å²) in [6.45, 7) is 1.39. The molecular weight excluding hydrogens is 308 g/mol. The van der Waals surface area contributed by atoms with Crippen LogP contribution in [0.5, 0.6) is 0 Å². The Morgan fingerprint density at radius 2 is 1.79 bits per heavy atom. The fraction of sp³-hybridized carbons (Fsp3) is 0.167. The predicted molar refractivity (Wildman–Crippen MR) is 88.7 cm³/mol. The van der Waals surface area contributed by atoms with Crippen molar-refractivity contribution in [3.8, 4) is 0 Å². The fourth-order valence-corrected chi connectivity index (χ4v) is 2.75. The average Bonchev–Trinajstić information content (AvgIpc) is 2.79. The molecule has 6 heteroatoms. The molecule has 0 aromatic heterocycles. The van der Waals surface area contributed by atoms with Gasteiger partial charge in [-0.1, -0.05) is 18.2 Å². The molecule has 1 aliphatic rings. The third-order valence-corrected chi connectivity index (χ3v) is 3.94. The summed E-state index contributed by atoms with van der Waals surface area (Å²) >= 11 is 0. The molecule has 1 heterocycles. The Morgan fingerprint density at radius 1 is 1.12 bits per heavy atom. The standard InChI is InChI=1S/C18H16N2O4/c1-11(21)19-13-8-6-12(7-9-13)16(22)10-18(24)14-4-2-3-5-15(14)20-17(18)23/h2-9,24H,10H2,1H3,(H,19,21)(H,20,23)/t18-/m1/s1. The van der Waals surface area contributed by atoms with Crippen molar-refractivity contribution in [3.05, 3.63) is 59.7 Å². The molecule has 0 bridgehead atoms. The molecule has 1 aliphatic heterocycles. The van der Waals surface area contributed by atoms with Gasteiger partial charge in [0.25, 0.3) is 5.91 Å². The maximum Gasteiger partial charge on any atom is 0.261 e. The Morgan fingerprint density at radius 3 is 2.46 bits per heavy atom. The van der Waals surface area contributed by atoms with E-state index in [1.165, 1.54) is 6.92 Å². The normalized spacial score (nSPS) is 18.7. The van der Waals surface area contributed by atoms with Gasteiger partial charge in [0.15, 0.2) is 11.4 Å². The molecule has 0 fully saturated rings. The molecule has 2 aromatic rings. The van der Waals surface area contributed by atoms with Crippen LogP contribution in [0.3, 0.4) is 0 Å². The quantitative estimate of drug-likeness (QED) is 0.750. The molecule has 0 saturated carbocycles. The molecule has 6 nitrogen and oxygen atoms in total. The van der Waals surface area contributed by atoms with Crippen LogP contribution in [0.1, 0.15) is 29.3 Å². The molecule has 122 valence electrons. The van der Waals surface area contributed by atoms with E-state index in [9.17, 15) is 19.5 Å². The highest BCUT2D eigenvalue weighted by Gasteiger charge is 2.46. The highest BCUT2D eigenvalue weighted by Crippen LogP contribution is 2.38. The number of amides is 2. The first-order valence-electron chi connectivity index (χ1n) is 7.44. The molecule has 0 saturated heterocycles. The van der Waals surface area contributed by atoms with Crippen molar-refractivity contribution in [2.24, 2.45) is 0 Å². The van der Waals surface area contributed by atoms with Gasteiger partial charge in [0.2, 0.25) is 5.91 Å². The maximum absolute atomic E-state index is 12.5. The molecule has 3 rings (SSSR count). The first-order valence-corrected chi connectivity index (χ1v) is 7.44. The number of nitrogens with one attached hydrogen (secondary N) is 2. The first kappa shape index (κ1) is 15.9. The van der Waals surface area contributed by atoms with Gasteiger partial charge in [-0.3, -0.25) is 14.4 Å². The summed E-state index contributed by atoms with van der Waals surface area (Å²) in [4.78, 5) is 35.6. The third-order valence-electron chi connectivity index (χ3n) is 3.94. The summed E-state index contributed by atoms with van der Waals surface area (Å²) in [5.41, 5.74) is -0.0299. The Balaban J connectivity index is 1.82. The number of fused-ring (bicyclic) bond motifs is 1. The molecule has 0 unspecified atom stereocenters. The molecule has 2 amide bonds. The van der Waals surface area contributed by atoms with Crippen LogP contribution in [0.25, 0.3) is 0 Å². The zero-order chi connectivity index (χ0) is 17.3. The van der Waals surface area contributed by atoms with Gasteiger partial charge in [-0.25, -0.2) is 0 Å². The van der Waals surface area contributed by atoms with Gasteiger partial charge >= 0.3 is 0 Å². The van der Waals surface area contributed by atoms with E-state index >= 15 is 0 Å². The van der Waals surface area contributed by atoms with E-state index in [4.69, 9.17) is 0 Å². The number of carbonyl (C=O) groups excluding carboxylic acids is 3. The predicted octanol–water partition coefficient (Wildman–Crippen LogP) is 2.06. The van der Waals surface area contributed by atoms with Crippen molar-refractivity contribution in [2.45, 2.75) is 18.9 Å². The molecule has 0 aliphatic carbocycles. The first-order chi connectivity index (χ1) is 11.4. The number of anilines is 2. The SMILES string of the molecule is CC(=O)Nc1ccc(C(=O)C[C@]2(O)C(=O)Nc3ccccc32)cc1. The van der Waals surface area contributed by atoms with E-state index in [1.54, 1.807) is 48.5 Å². The van der Waals surface area contributed by atoms with Crippen molar-refractivity contribution in [2.75, 3.05) is 10.6 Å². The number of benzene rings is 2. The van der Waals surface area contributed by atoms with Crippen molar-refractivity contribution in [3.63, 3.8) is 0 Å². The Bertz CT molecular complexity index is 829. The Hall–Kier alpha value is -2.99. The second kappa shape index (κ2) is 5.90. The van der Waals surface area contributed by atoms with Crippen molar-refractivity contribution in [1.29, 1.82) is 0 Å². The zero-order valence-electron chi connectivity index (χ0n) is 13.0. The minimum absolute atomic E-state index is 0.206. The van der Waals surface area contributed by atoms with Crippen molar-refractivity contribution in [1.82, 2.24) is 0 Å². The summed E-state index contributed by atoms with van der Waals surface area (Å²) in [7, 11) is 0. The number of Topliss-reactive ketones (excluding diaryl/α,β-unsaturated/α-hetero) is 1. The number of ketones is 1. The fourth-order valence-electron chi connectivity index (χ4n) is 2.75. The average molecular weight is 324 g/mol. The largest absolute Gasteiger partial charge is 0.375 e. The topological polar surface area (TPSA) is 95.5 Å². The smallest absolute Gasteiger partial charge is 0.261 e. The number of para-hydroxylation sites is 1. The van der Waals surface area contributed by atoms with Crippen LogP contribution in [-0.4, -0.2) is 22.7 Å². The monoisotopic (exact) mass is 324 g/mol. The minimum atomic E-state index is -1.87. The van der Waals surface area contributed by atoms with Crippen LogP contribution < -0.4 is 10.6 Å². The molecule has 0 spiro atoms. The van der Waals surface area contributed by atoms with Gasteiger partial charge < -0.3 is 15.7 Å². The van der Waals surface area contributed by atoms with Crippen molar-refractivity contribution < 1.29 is 19.5 Å².